The lowest BCUT2D eigenvalue weighted by Crippen LogP contribution is -2.47. The highest BCUT2D eigenvalue weighted by Crippen LogP contribution is 2.35. The summed E-state index contributed by atoms with van der Waals surface area (Å²) >= 11 is 6.27. The second-order valence-corrected chi connectivity index (χ2v) is 8.18. The van der Waals surface area contributed by atoms with Crippen LogP contribution in [-0.2, 0) is 14.4 Å². The van der Waals surface area contributed by atoms with Crippen LogP contribution in [-0.4, -0.2) is 49.4 Å². The second kappa shape index (κ2) is 9.20. The highest BCUT2D eigenvalue weighted by molar-refractivity contribution is 8.26. The monoisotopic (exact) mass is 423 g/mol. The van der Waals surface area contributed by atoms with Gasteiger partial charge in [0.15, 0.2) is 6.10 Å². The number of hydrogen-bond donors (Lipinski definition) is 2. The normalized spacial score (nSPS) is 17.9. The Labute approximate surface area is 172 Å². The Morgan fingerprint density at radius 2 is 1.96 bits per heavy atom. The number of benzene rings is 1. The lowest BCUT2D eigenvalue weighted by Gasteiger charge is -2.26. The average molecular weight is 424 g/mol. The van der Waals surface area contributed by atoms with Gasteiger partial charge in [-0.25, -0.2) is 9.59 Å². The Balaban J connectivity index is 2.28. The molecule has 7 nitrogen and oxygen atoms in total. The Hall–Kier alpha value is -2.39. The smallest absolute Gasteiger partial charge is 0.344 e. The number of carbonyl (C=O) groups is 3. The van der Waals surface area contributed by atoms with E-state index in [-0.39, 0.29) is 10.2 Å². The first-order chi connectivity index (χ1) is 13.1. The number of thiocarbonyl (C=S) groups is 1. The molecule has 0 aromatic heterocycles. The third-order valence-corrected chi connectivity index (χ3v) is 5.40. The fraction of sp³-hybridized carbons (Fsp3) is 0.368. The van der Waals surface area contributed by atoms with Crippen LogP contribution in [0.5, 0.6) is 5.75 Å². The zero-order valence-electron chi connectivity index (χ0n) is 15.6. The van der Waals surface area contributed by atoms with Gasteiger partial charge >= 0.3 is 11.9 Å². The molecular weight excluding hydrogens is 402 g/mol. The number of thioether (sulfide) groups is 1. The Bertz CT molecular complexity index is 835. The van der Waals surface area contributed by atoms with Crippen molar-refractivity contribution < 1.29 is 29.3 Å². The summed E-state index contributed by atoms with van der Waals surface area (Å²) in [6.45, 7) is 5.14. The summed E-state index contributed by atoms with van der Waals surface area (Å²) in [5.74, 6) is -2.56. The van der Waals surface area contributed by atoms with E-state index in [1.54, 1.807) is 51.1 Å². The van der Waals surface area contributed by atoms with Gasteiger partial charge in [0.05, 0.1) is 4.91 Å². The molecule has 1 aliphatic heterocycles. The van der Waals surface area contributed by atoms with Gasteiger partial charge in [-0.15, -0.1) is 0 Å². The molecule has 1 aromatic rings. The molecule has 2 rings (SSSR count). The molecule has 0 aliphatic carbocycles. The molecule has 0 radical (unpaired) electrons. The van der Waals surface area contributed by atoms with Crippen LogP contribution in [0.3, 0.4) is 0 Å². The van der Waals surface area contributed by atoms with Crippen LogP contribution in [0, 0.1) is 5.92 Å². The van der Waals surface area contributed by atoms with E-state index in [0.717, 1.165) is 16.7 Å². The highest BCUT2D eigenvalue weighted by Gasteiger charge is 2.41. The number of hydrogen-bond acceptors (Lipinski definition) is 6. The summed E-state index contributed by atoms with van der Waals surface area (Å²) in [7, 11) is 0. The first-order valence-corrected chi connectivity index (χ1v) is 9.87. The van der Waals surface area contributed by atoms with Gasteiger partial charge < -0.3 is 14.9 Å². The summed E-state index contributed by atoms with van der Waals surface area (Å²) in [5.41, 5.74) is 0.620. The van der Waals surface area contributed by atoms with Gasteiger partial charge in [0.25, 0.3) is 5.91 Å². The molecule has 1 amide bonds. The van der Waals surface area contributed by atoms with Gasteiger partial charge in [0.2, 0.25) is 0 Å². The maximum Gasteiger partial charge on any atom is 0.344 e. The van der Waals surface area contributed by atoms with Crippen molar-refractivity contribution in [3.8, 4) is 5.75 Å². The van der Waals surface area contributed by atoms with Crippen molar-refractivity contribution in [2.75, 3.05) is 0 Å². The van der Waals surface area contributed by atoms with Crippen LogP contribution in [0.25, 0.3) is 6.08 Å². The molecule has 0 spiro atoms. The predicted octanol–water partition coefficient (Wildman–Crippen LogP) is 3.24. The molecule has 1 aromatic carbocycles. The maximum absolute atomic E-state index is 12.7. The van der Waals surface area contributed by atoms with Crippen molar-refractivity contribution in [3.63, 3.8) is 0 Å². The van der Waals surface area contributed by atoms with Gasteiger partial charge in [0.1, 0.15) is 16.1 Å². The van der Waals surface area contributed by atoms with Crippen LogP contribution >= 0.6 is 24.0 Å². The van der Waals surface area contributed by atoms with Crippen LogP contribution < -0.4 is 4.74 Å². The van der Waals surface area contributed by atoms with Crippen LogP contribution in [0.2, 0.25) is 0 Å². The topological polar surface area (TPSA) is 104 Å². The Morgan fingerprint density at radius 3 is 2.50 bits per heavy atom. The predicted molar refractivity (Wildman–Crippen MR) is 110 cm³/mol. The summed E-state index contributed by atoms with van der Waals surface area (Å²) in [4.78, 5) is 36.9. The van der Waals surface area contributed by atoms with Crippen LogP contribution in [0.4, 0.5) is 0 Å². The van der Waals surface area contributed by atoms with Crippen molar-refractivity contribution in [2.45, 2.75) is 39.3 Å². The molecule has 1 fully saturated rings. The molecular formula is C19H21NO6S2. The molecule has 28 heavy (non-hydrogen) atoms. The third kappa shape index (κ3) is 4.90. The largest absolute Gasteiger partial charge is 0.480 e. The minimum atomic E-state index is -1.11. The number of carboxylic acids is 2. The molecule has 0 bridgehead atoms. The van der Waals surface area contributed by atoms with Gasteiger partial charge in [-0.3, -0.25) is 9.69 Å². The molecule has 2 unspecified atom stereocenters. The Kier molecular flexibility index (Phi) is 7.20. The zero-order valence-corrected chi connectivity index (χ0v) is 17.3. The summed E-state index contributed by atoms with van der Waals surface area (Å²) in [6, 6.07) is 5.64. The van der Waals surface area contributed by atoms with Crippen molar-refractivity contribution in [1.82, 2.24) is 4.90 Å². The lowest BCUT2D eigenvalue weighted by atomic mass is 10.0. The van der Waals surface area contributed by atoms with Gasteiger partial charge in [-0.1, -0.05) is 56.9 Å². The highest BCUT2D eigenvalue weighted by atomic mass is 32.2. The van der Waals surface area contributed by atoms with E-state index in [1.165, 1.54) is 0 Å². The summed E-state index contributed by atoms with van der Waals surface area (Å²) in [6.07, 6.45) is 0.938. The lowest BCUT2D eigenvalue weighted by molar-refractivity contribution is -0.147. The second-order valence-electron chi connectivity index (χ2n) is 6.50. The standard InChI is InChI=1S/C19H21NO6S2/c1-4-13(17(22)23)26-12-7-5-6-11(8-12)9-14-16(21)20(19(27)28-14)15(10(2)3)18(24)25/h5-10,13,15H,4H2,1-3H3,(H,22,23)(H,24,25)/b14-9-. The fourth-order valence-corrected chi connectivity index (χ4v) is 4.04. The summed E-state index contributed by atoms with van der Waals surface area (Å²) < 4.78 is 5.66. The first kappa shape index (κ1) is 21.9. The number of rotatable bonds is 8. The molecule has 2 N–H and O–H groups in total. The number of carboxylic acid groups (broad SMARTS) is 2. The van der Waals surface area contributed by atoms with E-state index >= 15 is 0 Å². The van der Waals surface area contributed by atoms with Gasteiger partial charge in [-0.2, -0.15) is 0 Å². The maximum atomic E-state index is 12.7. The third-order valence-electron chi connectivity index (χ3n) is 4.07. The molecule has 1 saturated heterocycles. The average Bonchev–Trinajstić information content (AvgIpc) is 2.87. The van der Waals surface area contributed by atoms with Crippen molar-refractivity contribution in [3.05, 3.63) is 34.7 Å². The van der Waals surface area contributed by atoms with E-state index in [4.69, 9.17) is 22.1 Å². The van der Waals surface area contributed by atoms with Crippen LogP contribution in [0.1, 0.15) is 32.8 Å². The number of carbonyl (C=O) groups excluding carboxylic acids is 1. The van der Waals surface area contributed by atoms with Crippen molar-refractivity contribution >= 4 is 52.2 Å². The summed E-state index contributed by atoms with van der Waals surface area (Å²) in [5, 5.41) is 18.6. The molecule has 0 saturated carbocycles. The molecule has 9 heteroatoms. The van der Waals surface area contributed by atoms with E-state index in [9.17, 15) is 19.5 Å². The zero-order chi connectivity index (χ0) is 21.0. The quantitative estimate of drug-likeness (QED) is 0.485. The number of amides is 1. The molecule has 150 valence electrons. The Morgan fingerprint density at radius 1 is 1.29 bits per heavy atom. The van der Waals surface area contributed by atoms with Crippen molar-refractivity contribution in [1.29, 1.82) is 0 Å². The molecule has 1 heterocycles. The number of ether oxygens (including phenoxy) is 1. The van der Waals surface area contributed by atoms with E-state index in [0.29, 0.717) is 22.6 Å². The minimum Gasteiger partial charge on any atom is -0.480 e. The van der Waals surface area contributed by atoms with Gasteiger partial charge in [0, 0.05) is 0 Å². The molecule has 1 aliphatic rings. The van der Waals surface area contributed by atoms with Crippen LogP contribution in [0.15, 0.2) is 29.2 Å². The van der Waals surface area contributed by atoms with E-state index < -0.39 is 30.0 Å². The number of nitrogens with zero attached hydrogens (tertiary/aromatic N) is 1. The number of aliphatic carboxylic acids is 2. The van der Waals surface area contributed by atoms with E-state index in [2.05, 4.69) is 0 Å². The SMILES string of the molecule is CCC(Oc1cccc(/C=C2\SC(=S)N(C(C(=O)O)C(C)C)C2=O)c1)C(=O)O. The fourth-order valence-electron chi connectivity index (χ4n) is 2.71. The van der Waals surface area contributed by atoms with E-state index in [1.807, 2.05) is 0 Å². The first-order valence-electron chi connectivity index (χ1n) is 8.65. The van der Waals surface area contributed by atoms with Gasteiger partial charge in [-0.05, 0) is 36.1 Å². The van der Waals surface area contributed by atoms with Crippen molar-refractivity contribution in [2.24, 2.45) is 5.92 Å². The minimum absolute atomic E-state index is 0.196. The molecule has 2 atom stereocenters.